The lowest BCUT2D eigenvalue weighted by Gasteiger charge is -2.40. The second kappa shape index (κ2) is 7.89. The minimum absolute atomic E-state index is 0.000633. The summed E-state index contributed by atoms with van der Waals surface area (Å²) < 4.78 is 33.8. The molecule has 0 fully saturated rings. The molecule has 4 rings (SSSR count). The highest BCUT2D eigenvalue weighted by atomic mass is 32.1. The van der Waals surface area contributed by atoms with E-state index in [1.165, 1.54) is 29.2 Å². The number of carbonyl (C=O) groups is 1. The number of carbonyl (C=O) groups excluding carboxylic acids is 1. The molecule has 2 heterocycles. The molecular weight excluding hydrogens is 438 g/mol. The van der Waals surface area contributed by atoms with Gasteiger partial charge >= 0.3 is 6.09 Å². The summed E-state index contributed by atoms with van der Waals surface area (Å²) in [5.74, 6) is -1.20. The monoisotopic (exact) mass is 456 g/mol. The summed E-state index contributed by atoms with van der Waals surface area (Å²) in [6.07, 6.45) is -0.797. The summed E-state index contributed by atoms with van der Waals surface area (Å²) in [5.41, 5.74) is -0.646. The normalized spacial score (nSPS) is 17.7. The quantitative estimate of drug-likeness (QED) is 0.440. The molecule has 164 valence electrons. The standard InChI is InChI=1S/C22H18F2N4O3S/c1-22(2,3)31-21(30)28-15-9-13(24)8-14-16(15)17(26-27-20(14)29)18(25-10-32)19(28)11-4-6-12(23)7-5-11/h4-9,18-19H,1-3H3,(H,27,29). The first kappa shape index (κ1) is 21.7. The predicted octanol–water partition coefficient (Wildman–Crippen LogP) is 4.84. The zero-order valence-corrected chi connectivity index (χ0v) is 18.2. The number of isothiocyanates is 1. The number of hydrogen-bond acceptors (Lipinski definition) is 6. The molecular formula is C22H18F2N4O3S. The van der Waals surface area contributed by atoms with Crippen LogP contribution in [0.15, 0.2) is 46.2 Å². The first-order valence-corrected chi connectivity index (χ1v) is 10.1. The second-order valence-corrected chi connectivity index (χ2v) is 8.48. The van der Waals surface area contributed by atoms with Gasteiger partial charge < -0.3 is 4.74 Å². The van der Waals surface area contributed by atoms with Crippen LogP contribution in [0.2, 0.25) is 0 Å². The molecule has 1 aromatic heterocycles. The van der Waals surface area contributed by atoms with Crippen LogP contribution in [0.3, 0.4) is 0 Å². The number of H-pyrrole nitrogens is 1. The van der Waals surface area contributed by atoms with E-state index in [1.807, 2.05) is 0 Å². The van der Waals surface area contributed by atoms with E-state index in [-0.39, 0.29) is 22.2 Å². The highest BCUT2D eigenvalue weighted by Crippen LogP contribution is 2.48. The number of nitrogens with zero attached hydrogens (tertiary/aromatic N) is 3. The van der Waals surface area contributed by atoms with Crippen LogP contribution in [0.1, 0.15) is 44.1 Å². The van der Waals surface area contributed by atoms with Crippen LogP contribution < -0.4 is 10.5 Å². The van der Waals surface area contributed by atoms with Crippen LogP contribution in [0.25, 0.3) is 10.8 Å². The fourth-order valence-electron chi connectivity index (χ4n) is 3.82. The number of aromatic nitrogens is 2. The third kappa shape index (κ3) is 3.79. The van der Waals surface area contributed by atoms with E-state index in [0.29, 0.717) is 5.56 Å². The number of rotatable bonds is 2. The Morgan fingerprint density at radius 1 is 1.22 bits per heavy atom. The zero-order valence-electron chi connectivity index (χ0n) is 17.3. The van der Waals surface area contributed by atoms with Crippen LogP contribution in [-0.2, 0) is 4.74 Å². The number of anilines is 1. The van der Waals surface area contributed by atoms with E-state index in [0.717, 1.165) is 12.1 Å². The average molecular weight is 456 g/mol. The molecule has 1 aliphatic heterocycles. The number of nitrogens with one attached hydrogen (secondary N) is 1. The van der Waals surface area contributed by atoms with Gasteiger partial charge in [0.2, 0.25) is 0 Å². The Balaban J connectivity index is 2.08. The number of amides is 1. The third-order valence-corrected chi connectivity index (χ3v) is 5.08. The Labute approximate surface area is 186 Å². The molecule has 0 saturated heterocycles. The largest absolute Gasteiger partial charge is 0.443 e. The van der Waals surface area contributed by atoms with Crippen molar-refractivity contribution < 1.29 is 18.3 Å². The highest BCUT2D eigenvalue weighted by Gasteiger charge is 2.43. The first-order valence-electron chi connectivity index (χ1n) is 9.67. The molecule has 2 aromatic carbocycles. The predicted molar refractivity (Wildman–Crippen MR) is 118 cm³/mol. The van der Waals surface area contributed by atoms with E-state index in [1.54, 1.807) is 20.8 Å². The van der Waals surface area contributed by atoms with Crippen molar-refractivity contribution in [2.45, 2.75) is 38.5 Å². The molecule has 3 aromatic rings. The van der Waals surface area contributed by atoms with Crippen molar-refractivity contribution in [2.24, 2.45) is 4.99 Å². The van der Waals surface area contributed by atoms with Crippen molar-refractivity contribution in [3.05, 3.63) is 69.6 Å². The van der Waals surface area contributed by atoms with Crippen LogP contribution in [0.4, 0.5) is 19.3 Å². The van der Waals surface area contributed by atoms with Gasteiger partial charge in [-0.1, -0.05) is 12.1 Å². The van der Waals surface area contributed by atoms with Crippen molar-refractivity contribution in [1.29, 1.82) is 0 Å². The Hall–Kier alpha value is -3.49. The van der Waals surface area contributed by atoms with Crippen LogP contribution in [-0.4, -0.2) is 27.1 Å². The van der Waals surface area contributed by atoms with E-state index in [9.17, 15) is 18.4 Å². The van der Waals surface area contributed by atoms with Crippen LogP contribution in [0, 0.1) is 11.6 Å². The van der Waals surface area contributed by atoms with Gasteiger partial charge in [0.25, 0.3) is 5.56 Å². The van der Waals surface area contributed by atoms with Gasteiger partial charge in [-0.05, 0) is 62.8 Å². The Bertz CT molecular complexity index is 1330. The number of aliphatic imine (C=N–C) groups is 1. The number of ether oxygens (including phenoxy) is 1. The summed E-state index contributed by atoms with van der Waals surface area (Å²) >= 11 is 4.83. The first-order chi connectivity index (χ1) is 15.1. The van der Waals surface area contributed by atoms with Gasteiger partial charge in [0.1, 0.15) is 23.3 Å². The lowest BCUT2D eigenvalue weighted by atomic mass is 9.88. The second-order valence-electron chi connectivity index (χ2n) is 8.30. The number of aromatic amines is 1. The molecule has 0 aliphatic carbocycles. The molecule has 7 nitrogen and oxygen atoms in total. The Morgan fingerprint density at radius 2 is 1.91 bits per heavy atom. The Kier molecular flexibility index (Phi) is 5.36. The van der Waals surface area contributed by atoms with E-state index in [2.05, 4.69) is 20.4 Å². The maximum Gasteiger partial charge on any atom is 0.415 e. The molecule has 10 heteroatoms. The summed E-state index contributed by atoms with van der Waals surface area (Å²) in [5, 5.41) is 9.04. The minimum Gasteiger partial charge on any atom is -0.443 e. The van der Waals surface area contributed by atoms with Crippen molar-refractivity contribution in [3.8, 4) is 0 Å². The number of benzene rings is 2. The highest BCUT2D eigenvalue weighted by molar-refractivity contribution is 7.78. The molecule has 0 bridgehead atoms. The van der Waals surface area contributed by atoms with Gasteiger partial charge in [0.15, 0.2) is 0 Å². The van der Waals surface area contributed by atoms with Crippen molar-refractivity contribution >= 4 is 39.9 Å². The number of thiocarbonyl (C=S) groups is 1. The van der Waals surface area contributed by atoms with E-state index < -0.39 is 41.0 Å². The molecule has 2 atom stereocenters. The molecule has 1 N–H and O–H groups in total. The number of hydrogen-bond donors (Lipinski definition) is 1. The van der Waals surface area contributed by atoms with Gasteiger partial charge in [-0.15, -0.1) is 0 Å². The topological polar surface area (TPSA) is 87.6 Å². The van der Waals surface area contributed by atoms with E-state index >= 15 is 0 Å². The van der Waals surface area contributed by atoms with Gasteiger partial charge in [-0.25, -0.2) is 23.7 Å². The fourth-order valence-corrected chi connectivity index (χ4v) is 3.93. The summed E-state index contributed by atoms with van der Waals surface area (Å²) in [4.78, 5) is 31.2. The van der Waals surface area contributed by atoms with Crippen molar-refractivity contribution in [3.63, 3.8) is 0 Å². The third-order valence-electron chi connectivity index (χ3n) is 4.97. The fraction of sp³-hybridized carbons (Fsp3) is 0.273. The molecule has 32 heavy (non-hydrogen) atoms. The molecule has 2 unspecified atom stereocenters. The van der Waals surface area contributed by atoms with E-state index in [4.69, 9.17) is 17.0 Å². The maximum atomic E-state index is 14.6. The van der Waals surface area contributed by atoms with Crippen molar-refractivity contribution in [2.75, 3.05) is 4.90 Å². The molecule has 1 aliphatic rings. The van der Waals surface area contributed by atoms with Gasteiger partial charge in [0.05, 0.1) is 28.0 Å². The van der Waals surface area contributed by atoms with Gasteiger partial charge in [-0.2, -0.15) is 5.10 Å². The summed E-state index contributed by atoms with van der Waals surface area (Å²) in [7, 11) is 0. The van der Waals surface area contributed by atoms with Crippen LogP contribution >= 0.6 is 12.2 Å². The zero-order chi connectivity index (χ0) is 23.2. The maximum absolute atomic E-state index is 14.6. The van der Waals surface area contributed by atoms with Gasteiger partial charge in [-0.3, -0.25) is 9.69 Å². The molecule has 1 amide bonds. The lowest BCUT2D eigenvalue weighted by Crippen LogP contribution is -2.44. The molecule has 0 radical (unpaired) electrons. The SMILES string of the molecule is CC(C)(C)OC(=O)N1c2cc(F)cc3c(=O)[nH]nc(c23)C(N=C=S)C1c1ccc(F)cc1. The molecule has 0 saturated carbocycles. The number of halogens is 2. The van der Waals surface area contributed by atoms with Gasteiger partial charge in [0, 0.05) is 5.39 Å². The molecule has 0 spiro atoms. The lowest BCUT2D eigenvalue weighted by molar-refractivity contribution is 0.0558. The van der Waals surface area contributed by atoms with Crippen molar-refractivity contribution in [1.82, 2.24) is 10.2 Å². The minimum atomic E-state index is -0.920. The smallest absolute Gasteiger partial charge is 0.415 e. The summed E-state index contributed by atoms with van der Waals surface area (Å²) in [6.45, 7) is 5.07. The average Bonchev–Trinajstić information content (AvgIpc) is 2.70. The summed E-state index contributed by atoms with van der Waals surface area (Å²) in [6, 6.07) is 5.79. The van der Waals surface area contributed by atoms with Crippen LogP contribution in [0.5, 0.6) is 0 Å². The Morgan fingerprint density at radius 3 is 2.53 bits per heavy atom.